The fraction of sp³-hybridized carbons (Fsp3) is 0. The molecule has 0 fully saturated rings. The topological polar surface area (TPSA) is 77.3 Å². The van der Waals surface area contributed by atoms with Gasteiger partial charge in [-0.1, -0.05) is 0 Å². The molecule has 0 amide bonds. The largest absolute Gasteiger partial charge is 0.444 e. The zero-order chi connectivity index (χ0) is 12.4. The second kappa shape index (κ2) is 6.22. The maximum atomic E-state index is 4.43. The van der Waals surface area contributed by atoms with Crippen molar-refractivity contribution in [2.45, 2.75) is 0 Å². The quantitative estimate of drug-likeness (QED) is 0.513. The van der Waals surface area contributed by atoms with E-state index >= 15 is 0 Å². The Hall–Kier alpha value is 0.682. The molecule has 2 aromatic heterocycles. The molecule has 11 heteroatoms. The summed E-state index contributed by atoms with van der Waals surface area (Å²) in [5.74, 6) is 0. The molecule has 2 aromatic rings. The normalized spacial score (nSPS) is 10.1. The van der Waals surface area contributed by atoms with E-state index in [0.717, 1.165) is 93.3 Å². The van der Waals surface area contributed by atoms with Crippen molar-refractivity contribution in [3.63, 3.8) is 0 Å². The summed E-state index contributed by atoms with van der Waals surface area (Å²) in [5.41, 5.74) is 0. The van der Waals surface area contributed by atoms with Crippen LogP contribution in [0.1, 0.15) is 0 Å². The van der Waals surface area contributed by atoms with Crippen molar-refractivity contribution in [3.8, 4) is 0 Å². The van der Waals surface area contributed by atoms with Crippen LogP contribution in [0.25, 0.3) is 0 Å². The van der Waals surface area contributed by atoms with E-state index in [0.29, 0.717) is 0 Å². The monoisotopic (exact) mass is 300 g/mol. The molecule has 0 aliphatic heterocycles. The van der Waals surface area contributed by atoms with Crippen LogP contribution in [0.2, 0.25) is 0 Å². The molecule has 78 valence electrons. The van der Waals surface area contributed by atoms with Crippen LogP contribution >= 0.6 is 0 Å². The van der Waals surface area contributed by atoms with Crippen LogP contribution in [-0.4, -0.2) is 110 Å². The molecule has 0 spiro atoms. The van der Waals surface area contributed by atoms with Gasteiger partial charge >= 0.3 is 80.4 Å². The molecule has 0 aromatic carbocycles. The number of aromatic nitrogens is 6. The molecule has 17 heavy (non-hydrogen) atoms. The number of hydrogen-bond acceptors (Lipinski definition) is 6. The highest BCUT2D eigenvalue weighted by Gasteiger charge is 2.10. The van der Waals surface area contributed by atoms with Crippen molar-refractivity contribution < 1.29 is 0 Å². The van der Waals surface area contributed by atoms with E-state index in [1.54, 1.807) is 0 Å². The molecular formula is C6H9Al5N6. The van der Waals surface area contributed by atoms with Crippen LogP contribution in [0.4, 0.5) is 0 Å². The summed E-state index contributed by atoms with van der Waals surface area (Å²) >= 11 is 2.75. The Morgan fingerprint density at radius 3 is 1.12 bits per heavy atom. The Balaban J connectivity index is 2.31. The van der Waals surface area contributed by atoms with Crippen molar-refractivity contribution in [2.75, 3.05) is 0 Å². The van der Waals surface area contributed by atoms with Gasteiger partial charge in [0.25, 0.3) is 0 Å². The van der Waals surface area contributed by atoms with Gasteiger partial charge < -0.3 is 0 Å². The van der Waals surface area contributed by atoms with E-state index in [4.69, 9.17) is 0 Å². The molecular weight excluding hydrogens is 291 g/mol. The third-order valence-electron chi connectivity index (χ3n) is 2.13. The van der Waals surface area contributed by atoms with Gasteiger partial charge in [0.05, 0.1) is 9.37 Å². The van der Waals surface area contributed by atoms with Crippen molar-refractivity contribution in [2.24, 2.45) is 0 Å². The fourth-order valence-corrected chi connectivity index (χ4v) is 7.67. The van der Waals surface area contributed by atoms with E-state index < -0.39 is 15.2 Å². The molecule has 0 N–H and O–H groups in total. The Kier molecular flexibility index (Phi) is 5.16. The molecule has 0 aliphatic carbocycles. The molecule has 0 saturated carbocycles. The van der Waals surface area contributed by atoms with E-state index in [9.17, 15) is 0 Å². The fourth-order valence-electron chi connectivity index (χ4n) is 1.66. The van der Waals surface area contributed by atoms with Crippen molar-refractivity contribution >= 4 is 108 Å². The highest BCUT2D eigenvalue weighted by atomic mass is 27.1. The van der Waals surface area contributed by atoms with E-state index in [1.807, 2.05) is 0 Å². The van der Waals surface area contributed by atoms with Gasteiger partial charge in [0.15, 0.2) is 0 Å². The zero-order valence-corrected chi connectivity index (χ0v) is 19.8. The van der Waals surface area contributed by atoms with Gasteiger partial charge in [-0.25, -0.2) is 0 Å². The molecule has 0 radical (unpaired) electrons. The summed E-state index contributed by atoms with van der Waals surface area (Å²) in [5, 5.41) is 0. The lowest BCUT2D eigenvalue weighted by Gasteiger charge is -2.04. The standard InChI is InChI=1S/2C3N3.5Al.9H/c2*1-4-2-6-3-5-1;;;;;;;;;;;;;;. The molecule has 2 rings (SSSR count). The smallest absolute Gasteiger partial charge is 0.260 e. The third kappa shape index (κ3) is 4.37. The van der Waals surface area contributed by atoms with Gasteiger partial charge in [0, 0.05) is 18.7 Å². The van der Waals surface area contributed by atoms with E-state index in [-0.39, 0.29) is 0 Å². The van der Waals surface area contributed by atoms with Crippen LogP contribution in [-0.2, 0) is 0 Å². The number of hydrogen-bond donors (Lipinski definition) is 0. The maximum absolute atomic E-state index is 4.43. The van der Waals surface area contributed by atoms with Crippen molar-refractivity contribution in [1.82, 2.24) is 29.9 Å². The molecule has 0 unspecified atom stereocenters. The summed E-state index contributed by atoms with van der Waals surface area (Å²) in [6.07, 6.45) is 0. The first-order valence-electron chi connectivity index (χ1n) is 5.39. The SMILES string of the molecule is [AlH2][c]1n[c]([AlH2])n[c]([AlH][c]2n[c]([AlH2])n[c]([AlH2])n2)n1. The Morgan fingerprint density at radius 2 is 0.824 bits per heavy atom. The van der Waals surface area contributed by atoms with Crippen molar-refractivity contribution in [3.05, 3.63) is 0 Å². The van der Waals surface area contributed by atoms with E-state index in [2.05, 4.69) is 29.9 Å². The average Bonchev–Trinajstić information content (AvgIpc) is 2.13. The first kappa shape index (κ1) is 14.1. The van der Waals surface area contributed by atoms with Gasteiger partial charge in [-0.3, -0.25) is 29.9 Å². The number of rotatable bonds is 2. The minimum absolute atomic E-state index is 0.755. The summed E-state index contributed by atoms with van der Waals surface area (Å²) in [4.78, 5) is 26.3. The Bertz CT molecular complexity index is 473. The summed E-state index contributed by atoms with van der Waals surface area (Å²) < 4.78 is 5.64. The highest BCUT2D eigenvalue weighted by molar-refractivity contribution is 6.64. The van der Waals surface area contributed by atoms with Gasteiger partial charge in [-0.15, -0.1) is 0 Å². The minimum atomic E-state index is -0.755. The van der Waals surface area contributed by atoms with Gasteiger partial charge in [-0.05, 0) is 0 Å². The van der Waals surface area contributed by atoms with Crippen molar-refractivity contribution in [1.29, 1.82) is 0 Å². The Morgan fingerprint density at radius 1 is 0.529 bits per heavy atom. The second-order valence-corrected chi connectivity index (χ2v) is 9.07. The zero-order valence-electron chi connectivity index (χ0n) is 10.4. The summed E-state index contributed by atoms with van der Waals surface area (Å²) in [6.45, 7) is 0. The summed E-state index contributed by atoms with van der Waals surface area (Å²) in [7, 11) is 0. The van der Waals surface area contributed by atoms with Crippen LogP contribution in [0.3, 0.4) is 0 Å². The molecule has 6 nitrogen and oxygen atoms in total. The Labute approximate surface area is 137 Å². The molecule has 0 atom stereocenters. The van der Waals surface area contributed by atoms with Crippen LogP contribution in [0, 0.1) is 0 Å². The lowest BCUT2D eigenvalue weighted by molar-refractivity contribution is 1.17. The number of nitrogens with zero attached hydrogens (tertiary/aromatic N) is 6. The first-order valence-corrected chi connectivity index (χ1v) is 10.8. The highest BCUT2D eigenvalue weighted by Crippen LogP contribution is 1.60. The lowest BCUT2D eigenvalue weighted by Crippen LogP contribution is -2.48. The summed E-state index contributed by atoms with van der Waals surface area (Å²) in [6, 6.07) is 0. The minimum Gasteiger partial charge on any atom is -0.260 e. The molecule has 0 bridgehead atoms. The van der Waals surface area contributed by atoms with Gasteiger partial charge in [-0.2, -0.15) is 0 Å². The van der Waals surface area contributed by atoms with Crippen LogP contribution in [0.5, 0.6) is 0 Å². The first-order chi connectivity index (χ1) is 8.02. The average molecular weight is 300 g/mol. The van der Waals surface area contributed by atoms with Gasteiger partial charge in [0.2, 0.25) is 0 Å². The predicted octanol–water partition coefficient (Wildman–Crippen LogP) is -9.52. The lowest BCUT2D eigenvalue weighted by atomic mass is 11.0. The second-order valence-electron chi connectivity index (χ2n) is 3.87. The predicted molar refractivity (Wildman–Crippen MR) is 78.8 cm³/mol. The maximum Gasteiger partial charge on any atom is 0.444 e. The molecule has 2 heterocycles. The molecule has 0 saturated heterocycles. The van der Waals surface area contributed by atoms with Crippen LogP contribution < -0.4 is 28.1 Å². The van der Waals surface area contributed by atoms with Crippen LogP contribution in [0.15, 0.2) is 0 Å². The molecule has 0 aliphatic rings. The van der Waals surface area contributed by atoms with Gasteiger partial charge in [0.1, 0.15) is 0 Å². The third-order valence-corrected chi connectivity index (χ3v) is 5.18. The van der Waals surface area contributed by atoms with E-state index in [1.165, 1.54) is 0 Å².